The van der Waals surface area contributed by atoms with Gasteiger partial charge in [-0.25, -0.2) is 14.3 Å². The summed E-state index contributed by atoms with van der Waals surface area (Å²) >= 11 is 0. The number of amides is 1. The van der Waals surface area contributed by atoms with Crippen LogP contribution < -0.4 is 5.73 Å². The molecule has 0 bridgehead atoms. The van der Waals surface area contributed by atoms with E-state index in [1.807, 2.05) is 41.5 Å². The van der Waals surface area contributed by atoms with Crippen LogP contribution in [0.4, 0.5) is 10.6 Å². The molecule has 27 heavy (non-hydrogen) atoms. The number of likely N-dealkylation sites (tertiary alicyclic amines) is 1. The normalized spacial score (nSPS) is 16.3. The van der Waals surface area contributed by atoms with E-state index < -0.39 is 11.6 Å². The Balaban J connectivity index is 2.23. The zero-order chi connectivity index (χ0) is 20.6. The smallest absolute Gasteiger partial charge is 0.410 e. The maximum atomic E-state index is 12.3. The Morgan fingerprint density at radius 3 is 2.11 bits per heavy atom. The van der Waals surface area contributed by atoms with Crippen molar-refractivity contribution in [2.75, 3.05) is 25.9 Å². The molecule has 0 saturated carbocycles. The van der Waals surface area contributed by atoms with Gasteiger partial charge in [-0.2, -0.15) is 5.10 Å². The molecule has 1 aromatic rings. The lowest BCUT2D eigenvalue weighted by Gasteiger charge is -2.33. The summed E-state index contributed by atoms with van der Waals surface area (Å²) in [5, 5.41) is 4.44. The summed E-state index contributed by atoms with van der Waals surface area (Å²) in [7, 11) is 1.34. The summed E-state index contributed by atoms with van der Waals surface area (Å²) in [6.45, 7) is 12.6. The van der Waals surface area contributed by atoms with Gasteiger partial charge in [0.25, 0.3) is 0 Å². The van der Waals surface area contributed by atoms with E-state index in [0.29, 0.717) is 31.7 Å². The minimum atomic E-state index is -0.524. The fourth-order valence-corrected chi connectivity index (χ4v) is 3.28. The zero-order valence-electron chi connectivity index (χ0n) is 17.5. The first-order chi connectivity index (χ1) is 12.3. The lowest BCUT2D eigenvalue weighted by molar-refractivity contribution is 0.0204. The minimum Gasteiger partial charge on any atom is -0.464 e. The molecule has 1 amide bonds. The number of nitrogens with zero attached hydrogens (tertiary/aromatic N) is 3. The number of ether oxygens (including phenoxy) is 2. The van der Waals surface area contributed by atoms with Crippen molar-refractivity contribution in [1.82, 2.24) is 14.7 Å². The van der Waals surface area contributed by atoms with Gasteiger partial charge in [0.05, 0.1) is 12.6 Å². The number of aromatic nitrogens is 2. The van der Waals surface area contributed by atoms with Crippen LogP contribution in [0, 0.1) is 0 Å². The number of carbonyl (C=O) groups is 2. The first-order valence-electron chi connectivity index (χ1n) is 9.30. The number of nitrogen functional groups attached to an aromatic ring is 1. The second-order valence-electron chi connectivity index (χ2n) is 8.96. The molecule has 1 fully saturated rings. The summed E-state index contributed by atoms with van der Waals surface area (Å²) in [6, 6.07) is 0. The van der Waals surface area contributed by atoms with E-state index in [-0.39, 0.29) is 23.2 Å². The molecular formula is C19H32N4O4. The Hall–Kier alpha value is -2.25. The van der Waals surface area contributed by atoms with Crippen molar-refractivity contribution in [3.8, 4) is 0 Å². The van der Waals surface area contributed by atoms with Gasteiger partial charge < -0.3 is 20.1 Å². The van der Waals surface area contributed by atoms with Crippen LogP contribution in [-0.4, -0.2) is 52.5 Å². The molecular weight excluding hydrogens is 348 g/mol. The summed E-state index contributed by atoms with van der Waals surface area (Å²) in [5.74, 6) is 0.0294. The van der Waals surface area contributed by atoms with E-state index >= 15 is 0 Å². The van der Waals surface area contributed by atoms with Gasteiger partial charge in [-0.05, 0) is 60.3 Å². The number of carbonyl (C=O) groups excluding carboxylic acids is 2. The van der Waals surface area contributed by atoms with Crippen LogP contribution in [0.3, 0.4) is 0 Å². The van der Waals surface area contributed by atoms with Crippen LogP contribution in [0.2, 0.25) is 0 Å². The van der Waals surface area contributed by atoms with Gasteiger partial charge in [0, 0.05) is 18.7 Å². The summed E-state index contributed by atoms with van der Waals surface area (Å²) in [4.78, 5) is 26.2. The van der Waals surface area contributed by atoms with E-state index in [4.69, 9.17) is 15.2 Å². The molecule has 0 unspecified atom stereocenters. The molecule has 0 aromatic carbocycles. The van der Waals surface area contributed by atoms with Crippen LogP contribution >= 0.6 is 0 Å². The molecule has 0 aliphatic carbocycles. The van der Waals surface area contributed by atoms with E-state index in [2.05, 4.69) is 5.10 Å². The first-order valence-corrected chi connectivity index (χ1v) is 9.30. The third-order valence-electron chi connectivity index (χ3n) is 4.53. The van der Waals surface area contributed by atoms with Crippen molar-refractivity contribution in [1.29, 1.82) is 0 Å². The molecule has 8 nitrogen and oxygen atoms in total. The van der Waals surface area contributed by atoms with Crippen molar-refractivity contribution >= 4 is 17.9 Å². The van der Waals surface area contributed by atoms with Gasteiger partial charge in [-0.15, -0.1) is 0 Å². The molecule has 1 aliphatic rings. The Kier molecular flexibility index (Phi) is 5.77. The molecule has 2 rings (SSSR count). The third kappa shape index (κ3) is 4.73. The fourth-order valence-electron chi connectivity index (χ4n) is 3.28. The number of hydrogen-bond acceptors (Lipinski definition) is 6. The number of anilines is 1. The van der Waals surface area contributed by atoms with E-state index in [1.165, 1.54) is 7.11 Å². The van der Waals surface area contributed by atoms with Crippen LogP contribution in [0.5, 0.6) is 0 Å². The average Bonchev–Trinajstić information content (AvgIpc) is 2.90. The van der Waals surface area contributed by atoms with Crippen molar-refractivity contribution in [2.24, 2.45) is 0 Å². The Bertz CT molecular complexity index is 705. The fraction of sp³-hybridized carbons (Fsp3) is 0.737. The van der Waals surface area contributed by atoms with Crippen LogP contribution in [0.15, 0.2) is 0 Å². The van der Waals surface area contributed by atoms with Gasteiger partial charge >= 0.3 is 12.1 Å². The van der Waals surface area contributed by atoms with Crippen molar-refractivity contribution < 1.29 is 19.1 Å². The van der Waals surface area contributed by atoms with E-state index in [9.17, 15) is 9.59 Å². The molecule has 0 spiro atoms. The molecule has 0 atom stereocenters. The second-order valence-corrected chi connectivity index (χ2v) is 8.96. The monoisotopic (exact) mass is 380 g/mol. The van der Waals surface area contributed by atoms with Crippen LogP contribution in [-0.2, 0) is 15.0 Å². The molecule has 0 radical (unpaired) electrons. The summed E-state index contributed by atoms with van der Waals surface area (Å²) in [5.41, 5.74) is 6.48. The number of nitrogens with two attached hydrogens (primary N) is 1. The van der Waals surface area contributed by atoms with Gasteiger partial charge in [0.1, 0.15) is 11.4 Å². The quantitative estimate of drug-likeness (QED) is 0.791. The third-order valence-corrected chi connectivity index (χ3v) is 4.53. The lowest BCUT2D eigenvalue weighted by Crippen LogP contribution is -2.41. The summed E-state index contributed by atoms with van der Waals surface area (Å²) < 4.78 is 12.0. The molecule has 2 N–H and O–H groups in total. The average molecular weight is 380 g/mol. The number of esters is 1. The van der Waals surface area contributed by atoms with Crippen molar-refractivity contribution in [3.63, 3.8) is 0 Å². The van der Waals surface area contributed by atoms with Crippen LogP contribution in [0.25, 0.3) is 0 Å². The molecule has 1 aromatic heterocycles. The maximum absolute atomic E-state index is 12.3. The highest BCUT2D eigenvalue weighted by Crippen LogP contribution is 2.36. The molecule has 152 valence electrons. The molecule has 1 aliphatic heterocycles. The van der Waals surface area contributed by atoms with Crippen molar-refractivity contribution in [2.45, 2.75) is 71.4 Å². The Labute approximate surface area is 161 Å². The predicted octanol–water partition coefficient (Wildman–Crippen LogP) is 3.12. The number of rotatable bonds is 2. The lowest BCUT2D eigenvalue weighted by atomic mass is 9.89. The molecule has 1 saturated heterocycles. The second kappa shape index (κ2) is 7.40. The highest BCUT2D eigenvalue weighted by Gasteiger charge is 2.35. The zero-order valence-corrected chi connectivity index (χ0v) is 17.5. The highest BCUT2D eigenvalue weighted by molar-refractivity contribution is 5.90. The van der Waals surface area contributed by atoms with Gasteiger partial charge in [-0.3, -0.25) is 0 Å². The van der Waals surface area contributed by atoms with Gasteiger partial charge in [0.2, 0.25) is 0 Å². The summed E-state index contributed by atoms with van der Waals surface area (Å²) in [6.07, 6.45) is 1.06. The Morgan fingerprint density at radius 1 is 1.11 bits per heavy atom. The molecule has 2 heterocycles. The minimum absolute atomic E-state index is 0.0360. The highest BCUT2D eigenvalue weighted by atomic mass is 16.6. The maximum Gasteiger partial charge on any atom is 0.410 e. The largest absolute Gasteiger partial charge is 0.464 e. The van der Waals surface area contributed by atoms with Gasteiger partial charge in [0.15, 0.2) is 5.69 Å². The van der Waals surface area contributed by atoms with E-state index in [0.717, 1.165) is 5.56 Å². The van der Waals surface area contributed by atoms with Crippen molar-refractivity contribution in [3.05, 3.63) is 11.3 Å². The van der Waals surface area contributed by atoms with Gasteiger partial charge in [-0.1, -0.05) is 0 Å². The first kappa shape index (κ1) is 21.1. The number of methoxy groups -OCH3 is 1. The predicted molar refractivity (Wildman–Crippen MR) is 103 cm³/mol. The number of hydrogen-bond donors (Lipinski definition) is 1. The standard InChI is InChI=1S/C19H32N4O4/c1-18(2,3)23-15(20)13(14(21-23)16(24)26-7)12-8-10-22(11-9-12)17(25)27-19(4,5)6/h12H,8-11,20H2,1-7H3. The SMILES string of the molecule is COC(=O)c1nn(C(C)(C)C)c(N)c1C1CCN(C(=O)OC(C)(C)C)CC1. The Morgan fingerprint density at radius 2 is 1.67 bits per heavy atom. The molecule has 8 heteroatoms. The van der Waals surface area contributed by atoms with Crippen LogP contribution in [0.1, 0.15) is 76.4 Å². The number of piperidine rings is 1. The van der Waals surface area contributed by atoms with E-state index in [1.54, 1.807) is 9.58 Å². The topological polar surface area (TPSA) is 99.7 Å².